The van der Waals surface area contributed by atoms with Gasteiger partial charge in [-0.15, -0.1) is 0 Å². The van der Waals surface area contributed by atoms with Crippen LogP contribution in [0.4, 0.5) is 0 Å². The maximum atomic E-state index is 10.6. The van der Waals surface area contributed by atoms with Crippen LogP contribution < -0.4 is 60.5 Å². The van der Waals surface area contributed by atoms with Gasteiger partial charge in [0.2, 0.25) is 0 Å². The van der Waals surface area contributed by atoms with Gasteiger partial charge in [-0.05, 0) is 107 Å². The summed E-state index contributed by atoms with van der Waals surface area (Å²) in [6, 6.07) is 1.23. The van der Waals surface area contributed by atoms with Crippen LogP contribution >= 0.6 is 0 Å². The van der Waals surface area contributed by atoms with E-state index in [4.69, 9.17) is 20.4 Å². The molecule has 0 aliphatic heterocycles. The van der Waals surface area contributed by atoms with E-state index in [2.05, 4.69) is 83.1 Å². The zero-order valence-electron chi connectivity index (χ0n) is 45.7. The van der Waals surface area contributed by atoms with Crippen molar-refractivity contribution < 1.29 is 153 Å². The van der Waals surface area contributed by atoms with Gasteiger partial charge < -0.3 is 119 Å². The zero-order chi connectivity index (χ0) is 58.9. The number of aromatic carboxylic acids is 8. The van der Waals surface area contributed by atoms with Crippen molar-refractivity contribution in [3.05, 3.63) is 68.8 Å². The molecular formula is C48H84Cu2N4O20. The van der Waals surface area contributed by atoms with E-state index in [1.807, 2.05) is 0 Å². The largest absolute Gasteiger partial charge is 2.00 e. The standard InChI is InChI=1S/2C10H6O8.4C6H15N.4CH4O.2Cu/c2*11-7(12)3-1-4(8(13)14)6(10(17)18)2-5(3)9(15)16;4*1-4-7(5-2)6-3;4*1-2;;/h2*1-2H,(H,11,12)(H,13,14)(H,15,16)(H,17,18);4*4-6H2,1-3H3;4*2H,1H3;;/q;;;;;;;;;;2*+2/p-4. The Hall–Kier alpha value is -5.08. The van der Waals surface area contributed by atoms with Crippen LogP contribution in [0.2, 0.25) is 0 Å². The number of aliphatic hydroxyl groups is 4. The molecule has 0 fully saturated rings. The Kier molecular flexibility index (Phi) is 74.8. The molecule has 2 rings (SSSR count). The summed E-state index contributed by atoms with van der Waals surface area (Å²) >= 11 is 0. The SMILES string of the molecule is CC[NH+](CC)CC.CC[NH+](CC)CC.CC[NH+](CC)CC.CC[NH+](CC)CC.CO.CO.CO.CO.O=C([O-])c1cc(C(=O)[O-])c(C(=O)[O-])cc1C(=O)[O-].O=C([O-])c1cc(C(=O)[O-])c(C(=O)[O-])cc1C(=O)[O-].[Cu+2].[Cu+2]. The Bertz CT molecular complexity index is 1420. The van der Waals surface area contributed by atoms with Crippen LogP contribution in [-0.4, -0.2) is 175 Å². The molecule has 2 radical (unpaired) electrons. The molecule has 0 spiro atoms. The molecule has 0 bridgehead atoms. The van der Waals surface area contributed by atoms with E-state index < -0.39 is 92.3 Å². The molecule has 74 heavy (non-hydrogen) atoms. The average Bonchev–Trinajstić information content (AvgIpc) is 3.38. The van der Waals surface area contributed by atoms with E-state index in [1.165, 1.54) is 78.5 Å². The smallest absolute Gasteiger partial charge is 0.545 e. The first-order valence-corrected chi connectivity index (χ1v) is 23.1. The number of aliphatic hydroxyl groups excluding tert-OH is 4. The first kappa shape index (κ1) is 91.6. The fraction of sp³-hybridized carbons (Fsp3) is 0.583. The molecule has 0 aliphatic rings. The summed E-state index contributed by atoms with van der Waals surface area (Å²) in [5.41, 5.74) is -8.23. The van der Waals surface area contributed by atoms with Gasteiger partial charge in [-0.3, -0.25) is 0 Å². The molecule has 0 amide bonds. The van der Waals surface area contributed by atoms with Gasteiger partial charge >= 0.3 is 34.1 Å². The molecule has 0 heterocycles. The topological polar surface area (TPSA) is 420 Å². The fourth-order valence-electron chi connectivity index (χ4n) is 5.55. The minimum atomic E-state index is -2.00. The molecule has 2 aromatic rings. The van der Waals surface area contributed by atoms with Crippen LogP contribution in [0, 0.1) is 0 Å². The molecule has 0 aliphatic carbocycles. The minimum absolute atomic E-state index is 0. The number of rotatable bonds is 20. The normalized spacial score (nSPS) is 8.97. The van der Waals surface area contributed by atoms with Crippen LogP contribution in [0.15, 0.2) is 24.3 Å². The first-order chi connectivity index (χ1) is 33.9. The second-order valence-corrected chi connectivity index (χ2v) is 13.4. The molecule has 0 saturated carbocycles. The van der Waals surface area contributed by atoms with Gasteiger partial charge in [0.1, 0.15) is 0 Å². The Morgan fingerprint density at radius 1 is 0.257 bits per heavy atom. The predicted molar refractivity (Wildman–Crippen MR) is 250 cm³/mol. The number of carboxylic acid groups (broad SMARTS) is 8. The quantitative estimate of drug-likeness (QED) is 0.0571. The van der Waals surface area contributed by atoms with Crippen LogP contribution in [0.3, 0.4) is 0 Å². The average molecular weight is 1160 g/mol. The molecule has 0 atom stereocenters. The number of carboxylic acids is 8. The molecule has 0 aromatic heterocycles. The van der Waals surface area contributed by atoms with Crippen molar-refractivity contribution in [2.24, 2.45) is 0 Å². The molecule has 0 saturated heterocycles. The Morgan fingerprint density at radius 2 is 0.324 bits per heavy atom. The Balaban J connectivity index is -0.0000000845. The van der Waals surface area contributed by atoms with Crippen molar-refractivity contribution in [1.29, 1.82) is 0 Å². The van der Waals surface area contributed by atoms with Gasteiger partial charge in [-0.2, -0.15) is 0 Å². The number of benzene rings is 2. The van der Waals surface area contributed by atoms with Crippen molar-refractivity contribution in [2.75, 3.05) is 107 Å². The summed E-state index contributed by atoms with van der Waals surface area (Å²) in [5, 5.41) is 113. The van der Waals surface area contributed by atoms with Crippen LogP contribution in [0.5, 0.6) is 0 Å². The monoisotopic (exact) mass is 1160 g/mol. The summed E-state index contributed by atoms with van der Waals surface area (Å²) in [7, 11) is 4.00. The summed E-state index contributed by atoms with van der Waals surface area (Å²) in [4.78, 5) is 91.6. The number of hydrogen-bond donors (Lipinski definition) is 8. The summed E-state index contributed by atoms with van der Waals surface area (Å²) in [6.07, 6.45) is 0. The van der Waals surface area contributed by atoms with Crippen molar-refractivity contribution in [3.8, 4) is 0 Å². The third-order valence-electron chi connectivity index (χ3n) is 10.1. The van der Waals surface area contributed by atoms with Gasteiger partial charge in [0.15, 0.2) is 0 Å². The van der Waals surface area contributed by atoms with Gasteiger partial charge in [0, 0.05) is 72.9 Å². The molecule has 24 nitrogen and oxygen atoms in total. The van der Waals surface area contributed by atoms with E-state index in [-0.39, 0.29) is 34.1 Å². The van der Waals surface area contributed by atoms with Gasteiger partial charge in [-0.25, -0.2) is 0 Å². The molecule has 26 heteroatoms. The fourth-order valence-corrected chi connectivity index (χ4v) is 5.55. The van der Waals surface area contributed by atoms with Crippen molar-refractivity contribution in [1.82, 2.24) is 0 Å². The Morgan fingerprint density at radius 3 is 0.351 bits per heavy atom. The summed E-state index contributed by atoms with van der Waals surface area (Å²) in [5.74, 6) is -16.0. The van der Waals surface area contributed by atoms with Gasteiger partial charge in [-0.1, -0.05) is 0 Å². The molecule has 8 N–H and O–H groups in total. The molecular weight excluding hydrogens is 1080 g/mol. The maximum Gasteiger partial charge on any atom is 2.00 e. The van der Waals surface area contributed by atoms with Gasteiger partial charge in [0.25, 0.3) is 0 Å². The van der Waals surface area contributed by atoms with Crippen molar-refractivity contribution in [3.63, 3.8) is 0 Å². The second kappa shape index (κ2) is 60.5. The number of carbonyl (C=O) groups is 8. The van der Waals surface area contributed by atoms with Crippen LogP contribution in [0.25, 0.3) is 0 Å². The first-order valence-electron chi connectivity index (χ1n) is 23.1. The Labute approximate surface area is 458 Å². The van der Waals surface area contributed by atoms with E-state index in [0.29, 0.717) is 24.3 Å². The van der Waals surface area contributed by atoms with Gasteiger partial charge in [0.05, 0.1) is 126 Å². The summed E-state index contributed by atoms with van der Waals surface area (Å²) in [6.45, 7) is 41.9. The minimum Gasteiger partial charge on any atom is -0.545 e. The summed E-state index contributed by atoms with van der Waals surface area (Å²) < 4.78 is 0. The predicted octanol–water partition coefficient (Wildman–Crippen LogP) is -11.6. The third-order valence-corrected chi connectivity index (χ3v) is 10.1. The van der Waals surface area contributed by atoms with Crippen LogP contribution in [0.1, 0.15) is 166 Å². The third kappa shape index (κ3) is 42.3. The number of nitrogens with one attached hydrogen (secondary N) is 4. The number of hydrogen-bond acceptors (Lipinski definition) is 20. The van der Waals surface area contributed by atoms with E-state index in [0.717, 1.165) is 28.4 Å². The van der Waals surface area contributed by atoms with E-state index in [1.54, 1.807) is 19.6 Å². The van der Waals surface area contributed by atoms with Crippen molar-refractivity contribution in [2.45, 2.75) is 83.1 Å². The number of carbonyl (C=O) groups excluding carboxylic acids is 8. The molecule has 0 unspecified atom stereocenters. The van der Waals surface area contributed by atoms with E-state index in [9.17, 15) is 79.2 Å². The maximum absolute atomic E-state index is 10.6. The second-order valence-electron chi connectivity index (χ2n) is 13.4. The number of quaternary nitrogens is 4. The van der Waals surface area contributed by atoms with Crippen LogP contribution in [-0.2, 0) is 34.1 Å². The zero-order valence-corrected chi connectivity index (χ0v) is 47.6. The molecule has 2 aromatic carbocycles. The van der Waals surface area contributed by atoms with Crippen molar-refractivity contribution >= 4 is 47.8 Å². The molecule has 438 valence electrons. The van der Waals surface area contributed by atoms with E-state index >= 15 is 0 Å².